The molecule has 0 unspecified atom stereocenters. The van der Waals surface area contributed by atoms with Crippen LogP contribution in [0, 0.1) is 0 Å². The van der Waals surface area contributed by atoms with Gasteiger partial charge in [-0.05, 0) is 70.9 Å². The third kappa shape index (κ3) is 4.14. The summed E-state index contributed by atoms with van der Waals surface area (Å²) in [6.07, 6.45) is 4.83. The highest BCUT2D eigenvalue weighted by atomic mass is 32.2. The fraction of sp³-hybridized carbons (Fsp3) is 0.500. The molecule has 0 aromatic heterocycles. The smallest absolute Gasteiger partial charge is 0.00752 e. The molecule has 25 heavy (non-hydrogen) atoms. The predicted octanol–water partition coefficient (Wildman–Crippen LogP) is 6.93. The van der Waals surface area contributed by atoms with Gasteiger partial charge in [-0.1, -0.05) is 65.0 Å². The molecule has 0 radical (unpaired) electrons. The number of benzene rings is 2. The van der Waals surface area contributed by atoms with Crippen LogP contribution in [0.25, 0.3) is 0 Å². The lowest BCUT2D eigenvalue weighted by molar-refractivity contribution is 0.331. The maximum Gasteiger partial charge on any atom is 0.00752 e. The Hall–Kier alpha value is -1.21. The molecule has 134 valence electrons. The topological polar surface area (TPSA) is 0 Å². The molecule has 1 aliphatic rings. The first-order chi connectivity index (χ1) is 11.8. The molecule has 0 saturated heterocycles. The van der Waals surface area contributed by atoms with Crippen molar-refractivity contribution in [2.24, 2.45) is 0 Å². The zero-order valence-corrected chi connectivity index (χ0v) is 17.3. The molecular weight excluding hydrogens is 320 g/mol. The average molecular weight is 353 g/mol. The summed E-state index contributed by atoms with van der Waals surface area (Å²) in [4.78, 5) is 1.43. The lowest BCUT2D eigenvalue weighted by Gasteiger charge is -2.42. The first-order valence-corrected chi connectivity index (χ1v) is 10.7. The molecule has 0 N–H and O–H groups in total. The third-order valence-corrected chi connectivity index (χ3v) is 6.91. The van der Waals surface area contributed by atoms with Crippen LogP contribution in [0.1, 0.15) is 69.7 Å². The summed E-state index contributed by atoms with van der Waals surface area (Å²) in [6, 6.07) is 16.3. The fourth-order valence-electron chi connectivity index (χ4n) is 3.89. The number of aryl methyl sites for hydroxylation is 2. The molecule has 0 aliphatic heterocycles. The molecule has 1 heteroatoms. The van der Waals surface area contributed by atoms with Gasteiger partial charge in [-0.2, -0.15) is 0 Å². The SMILES string of the molecule is CCc1ccc(CCSc2ccc3c(c2)C(C)(C)CCC3(C)C)cc1. The second-order valence-corrected chi connectivity index (χ2v) is 9.91. The molecule has 0 spiro atoms. The van der Waals surface area contributed by atoms with E-state index in [9.17, 15) is 0 Å². The van der Waals surface area contributed by atoms with Gasteiger partial charge in [0.15, 0.2) is 0 Å². The van der Waals surface area contributed by atoms with Crippen LogP contribution in [0.3, 0.4) is 0 Å². The van der Waals surface area contributed by atoms with E-state index in [1.54, 1.807) is 11.1 Å². The Morgan fingerprint density at radius 2 is 1.40 bits per heavy atom. The largest absolute Gasteiger partial charge is 0.126 e. The van der Waals surface area contributed by atoms with Crippen molar-refractivity contribution in [1.82, 2.24) is 0 Å². The minimum atomic E-state index is 0.303. The van der Waals surface area contributed by atoms with Gasteiger partial charge in [-0.3, -0.25) is 0 Å². The van der Waals surface area contributed by atoms with Gasteiger partial charge >= 0.3 is 0 Å². The van der Waals surface area contributed by atoms with Crippen molar-refractivity contribution in [3.05, 3.63) is 64.7 Å². The molecule has 0 amide bonds. The Morgan fingerprint density at radius 3 is 2.04 bits per heavy atom. The van der Waals surface area contributed by atoms with E-state index in [2.05, 4.69) is 77.1 Å². The van der Waals surface area contributed by atoms with E-state index in [0.29, 0.717) is 10.8 Å². The highest BCUT2D eigenvalue weighted by Crippen LogP contribution is 2.46. The van der Waals surface area contributed by atoms with Crippen LogP contribution >= 0.6 is 11.8 Å². The Bertz CT molecular complexity index is 722. The fourth-order valence-corrected chi connectivity index (χ4v) is 4.82. The molecule has 0 bridgehead atoms. The molecule has 1 aliphatic carbocycles. The normalized spacial score (nSPS) is 18.0. The van der Waals surface area contributed by atoms with Crippen molar-refractivity contribution >= 4 is 11.8 Å². The van der Waals surface area contributed by atoms with Crippen LogP contribution in [0.4, 0.5) is 0 Å². The molecule has 2 aromatic rings. The van der Waals surface area contributed by atoms with E-state index in [1.807, 2.05) is 11.8 Å². The van der Waals surface area contributed by atoms with E-state index >= 15 is 0 Å². The molecular formula is C24H32S. The summed E-state index contributed by atoms with van der Waals surface area (Å²) in [5, 5.41) is 0. The molecule has 3 rings (SSSR count). The van der Waals surface area contributed by atoms with Crippen LogP contribution in [0.15, 0.2) is 47.4 Å². The molecule has 2 aromatic carbocycles. The lowest BCUT2D eigenvalue weighted by Crippen LogP contribution is -2.33. The maximum atomic E-state index is 2.47. The van der Waals surface area contributed by atoms with Gasteiger partial charge in [-0.15, -0.1) is 11.8 Å². The second-order valence-electron chi connectivity index (χ2n) is 8.74. The highest BCUT2D eigenvalue weighted by molar-refractivity contribution is 7.99. The van der Waals surface area contributed by atoms with E-state index in [4.69, 9.17) is 0 Å². The van der Waals surface area contributed by atoms with Gasteiger partial charge in [0.2, 0.25) is 0 Å². The average Bonchev–Trinajstić information content (AvgIpc) is 2.60. The first kappa shape index (κ1) is 18.6. The van der Waals surface area contributed by atoms with E-state index in [0.717, 1.165) is 18.6 Å². The van der Waals surface area contributed by atoms with Crippen molar-refractivity contribution in [2.45, 2.75) is 76.0 Å². The summed E-state index contributed by atoms with van der Waals surface area (Å²) >= 11 is 2.00. The zero-order chi connectivity index (χ0) is 18.1. The van der Waals surface area contributed by atoms with E-state index in [1.165, 1.54) is 28.9 Å². The quantitative estimate of drug-likeness (QED) is 0.526. The van der Waals surface area contributed by atoms with Crippen LogP contribution in [-0.2, 0) is 23.7 Å². The Kier molecular flexibility index (Phi) is 5.34. The van der Waals surface area contributed by atoms with Crippen molar-refractivity contribution in [1.29, 1.82) is 0 Å². The van der Waals surface area contributed by atoms with Crippen LogP contribution < -0.4 is 0 Å². The molecule has 0 saturated carbocycles. The van der Waals surface area contributed by atoms with Crippen molar-refractivity contribution < 1.29 is 0 Å². The van der Waals surface area contributed by atoms with Crippen molar-refractivity contribution in [2.75, 3.05) is 5.75 Å². The van der Waals surface area contributed by atoms with Crippen LogP contribution in [-0.4, -0.2) is 5.75 Å². The molecule has 0 nitrogen and oxygen atoms in total. The van der Waals surface area contributed by atoms with Gasteiger partial charge in [0.25, 0.3) is 0 Å². The van der Waals surface area contributed by atoms with Crippen LogP contribution in [0.5, 0.6) is 0 Å². The summed E-state index contributed by atoms with van der Waals surface area (Å²) in [7, 11) is 0. The number of hydrogen-bond acceptors (Lipinski definition) is 1. The van der Waals surface area contributed by atoms with Gasteiger partial charge in [-0.25, -0.2) is 0 Å². The summed E-state index contributed by atoms with van der Waals surface area (Å²) < 4.78 is 0. The van der Waals surface area contributed by atoms with Gasteiger partial charge in [0, 0.05) is 10.6 Å². The lowest BCUT2D eigenvalue weighted by atomic mass is 9.63. The van der Waals surface area contributed by atoms with Crippen LogP contribution in [0.2, 0.25) is 0 Å². The second kappa shape index (κ2) is 7.19. The summed E-state index contributed by atoms with van der Waals surface area (Å²) in [6.45, 7) is 11.8. The van der Waals surface area contributed by atoms with Crippen molar-refractivity contribution in [3.8, 4) is 0 Å². The number of rotatable bonds is 5. The van der Waals surface area contributed by atoms with E-state index < -0.39 is 0 Å². The Labute approximate surface area is 158 Å². The van der Waals surface area contributed by atoms with Gasteiger partial charge in [0.1, 0.15) is 0 Å². The minimum absolute atomic E-state index is 0.303. The number of fused-ring (bicyclic) bond motifs is 1. The summed E-state index contributed by atoms with van der Waals surface area (Å²) in [5.74, 6) is 1.15. The highest BCUT2D eigenvalue weighted by Gasteiger charge is 2.36. The number of hydrogen-bond donors (Lipinski definition) is 0. The van der Waals surface area contributed by atoms with Crippen molar-refractivity contribution in [3.63, 3.8) is 0 Å². The van der Waals surface area contributed by atoms with E-state index in [-0.39, 0.29) is 0 Å². The molecule has 0 heterocycles. The van der Waals surface area contributed by atoms with Gasteiger partial charge in [0.05, 0.1) is 0 Å². The monoisotopic (exact) mass is 352 g/mol. The Balaban J connectivity index is 1.69. The maximum absolute atomic E-state index is 2.47. The van der Waals surface area contributed by atoms with Gasteiger partial charge < -0.3 is 0 Å². The Morgan fingerprint density at radius 1 is 0.800 bits per heavy atom. The molecule has 0 atom stereocenters. The zero-order valence-electron chi connectivity index (χ0n) is 16.5. The first-order valence-electron chi connectivity index (χ1n) is 9.67. The third-order valence-electron chi connectivity index (χ3n) is 5.91. The number of thioether (sulfide) groups is 1. The standard InChI is InChI=1S/C24H32S/c1-6-18-7-9-19(10-8-18)13-16-25-20-11-12-21-22(17-20)24(4,5)15-14-23(21,2)3/h7-12,17H,6,13-16H2,1-5H3. The minimum Gasteiger partial charge on any atom is -0.126 e. The molecule has 0 fully saturated rings. The summed E-state index contributed by atoms with van der Waals surface area (Å²) in [5.41, 5.74) is 6.62. The predicted molar refractivity (Wildman–Crippen MR) is 112 cm³/mol.